The number of nitrogens with one attached hydrogen (secondary N) is 1. The van der Waals surface area contributed by atoms with Crippen LogP contribution in [-0.4, -0.2) is 79.2 Å². The lowest BCUT2D eigenvalue weighted by Gasteiger charge is -2.35. The zero-order valence-electron chi connectivity index (χ0n) is 23.0. The molecule has 39 heavy (non-hydrogen) atoms. The number of carbonyl (C=O) groups excluding carboxylic acids is 1. The van der Waals surface area contributed by atoms with Gasteiger partial charge < -0.3 is 19.4 Å². The molecule has 0 radical (unpaired) electrons. The van der Waals surface area contributed by atoms with Crippen LogP contribution >= 0.6 is 0 Å². The van der Waals surface area contributed by atoms with Crippen LogP contribution in [0.3, 0.4) is 0 Å². The van der Waals surface area contributed by atoms with Crippen LogP contribution < -0.4 is 4.74 Å². The number of hydrogen-bond donors (Lipinski definition) is 1. The number of fused-ring (bicyclic) bond motifs is 1. The van der Waals surface area contributed by atoms with Gasteiger partial charge in [0, 0.05) is 62.7 Å². The number of ether oxygens (including phenoxy) is 2. The Morgan fingerprint density at radius 2 is 1.85 bits per heavy atom. The molecule has 1 aliphatic rings. The second-order valence-electron chi connectivity index (χ2n) is 10.7. The molecule has 4 heterocycles. The number of piperazine rings is 1. The highest BCUT2D eigenvalue weighted by Gasteiger charge is 2.25. The number of aromatic amines is 1. The Morgan fingerprint density at radius 1 is 1.03 bits per heavy atom. The molecule has 0 atom stereocenters. The minimum absolute atomic E-state index is 0.237. The molecule has 1 amide bonds. The van der Waals surface area contributed by atoms with Gasteiger partial charge in [-0.15, -0.1) is 0 Å². The molecule has 1 aliphatic heterocycles. The Hall–Kier alpha value is -4.05. The van der Waals surface area contributed by atoms with Crippen molar-refractivity contribution in [2.75, 3.05) is 32.8 Å². The number of nitrogens with zero attached hydrogens (tertiary/aromatic N) is 6. The highest BCUT2D eigenvalue weighted by atomic mass is 16.6. The minimum atomic E-state index is -0.478. The number of amides is 1. The lowest BCUT2D eigenvalue weighted by atomic mass is 10.1. The van der Waals surface area contributed by atoms with Crippen LogP contribution in [0, 0.1) is 0 Å². The normalized spacial score (nSPS) is 14.5. The van der Waals surface area contributed by atoms with Crippen molar-refractivity contribution < 1.29 is 14.3 Å². The molecule has 0 spiro atoms. The summed E-state index contributed by atoms with van der Waals surface area (Å²) in [6.07, 6.45) is 3.74. The zero-order valence-corrected chi connectivity index (χ0v) is 23.0. The first-order valence-electron chi connectivity index (χ1n) is 13.3. The number of aromatic nitrogens is 5. The van der Waals surface area contributed by atoms with E-state index in [4.69, 9.17) is 14.5 Å². The average Bonchev–Trinajstić information content (AvgIpc) is 3.30. The van der Waals surface area contributed by atoms with Crippen LogP contribution in [-0.2, 0) is 17.7 Å². The fraction of sp³-hybridized carbons (Fsp3) is 0.414. The average molecular weight is 530 g/mol. The Balaban J connectivity index is 1.21. The van der Waals surface area contributed by atoms with Gasteiger partial charge in [0.15, 0.2) is 0 Å². The van der Waals surface area contributed by atoms with E-state index in [-0.39, 0.29) is 6.09 Å². The molecule has 0 bridgehead atoms. The molecule has 1 N–H and O–H groups in total. The van der Waals surface area contributed by atoms with Gasteiger partial charge in [-0.25, -0.2) is 19.7 Å². The topological polar surface area (TPSA) is 109 Å². The highest BCUT2D eigenvalue weighted by Crippen LogP contribution is 2.24. The number of pyridine rings is 1. The van der Waals surface area contributed by atoms with Gasteiger partial charge in [0.1, 0.15) is 17.8 Å². The maximum Gasteiger partial charge on any atom is 0.410 e. The second kappa shape index (κ2) is 11.4. The molecule has 4 aromatic rings. The van der Waals surface area contributed by atoms with Crippen molar-refractivity contribution in [2.45, 2.75) is 46.3 Å². The monoisotopic (exact) mass is 529 g/mol. The molecular formula is C29H35N7O3. The van der Waals surface area contributed by atoms with E-state index < -0.39 is 5.60 Å². The molecule has 1 saturated heterocycles. The van der Waals surface area contributed by atoms with Gasteiger partial charge in [-0.3, -0.25) is 9.88 Å². The van der Waals surface area contributed by atoms with Crippen LogP contribution in [0.5, 0.6) is 5.88 Å². The predicted molar refractivity (Wildman–Crippen MR) is 148 cm³/mol. The molecule has 1 aromatic carbocycles. The van der Waals surface area contributed by atoms with Crippen LogP contribution in [0.1, 0.15) is 44.8 Å². The van der Waals surface area contributed by atoms with Gasteiger partial charge in [-0.05, 0) is 57.5 Å². The molecule has 5 rings (SSSR count). The summed E-state index contributed by atoms with van der Waals surface area (Å²) in [7, 11) is 0. The Kier molecular flexibility index (Phi) is 7.74. The summed E-state index contributed by atoms with van der Waals surface area (Å²) >= 11 is 0. The summed E-state index contributed by atoms with van der Waals surface area (Å²) < 4.78 is 11.0. The molecule has 10 nitrogen and oxygen atoms in total. The number of H-pyrrole nitrogens is 1. The lowest BCUT2D eigenvalue weighted by molar-refractivity contribution is 0.0139. The van der Waals surface area contributed by atoms with Gasteiger partial charge >= 0.3 is 6.09 Å². The molecule has 0 aliphatic carbocycles. The number of carbonyl (C=O) groups is 1. The first-order chi connectivity index (χ1) is 18.8. The van der Waals surface area contributed by atoms with E-state index in [0.29, 0.717) is 32.0 Å². The third kappa shape index (κ3) is 6.88. The minimum Gasteiger partial charge on any atom is -0.478 e. The maximum absolute atomic E-state index is 12.3. The standard InChI is InChI=1S/C29H35N7O3/c1-5-38-27-17-24(31-19-32-27)21-6-7-23-25(15-21)34-26(33-23)16-22-14-20(8-9-30-22)18-35-10-12-36(13-11-35)28(37)39-29(2,3)4/h6-9,14-15,17,19H,5,10-13,16,18H2,1-4H3,(H,33,34). The van der Waals surface area contributed by atoms with Crippen molar-refractivity contribution in [1.29, 1.82) is 0 Å². The summed E-state index contributed by atoms with van der Waals surface area (Å²) in [6, 6.07) is 12.1. The number of rotatable bonds is 7. The van der Waals surface area contributed by atoms with E-state index in [1.54, 1.807) is 4.90 Å². The molecular weight excluding hydrogens is 494 g/mol. The van der Waals surface area contributed by atoms with Crippen LogP contribution in [0.15, 0.2) is 48.9 Å². The Labute approximate surface area is 228 Å². The quantitative estimate of drug-likeness (QED) is 0.374. The third-order valence-corrected chi connectivity index (χ3v) is 6.42. The largest absolute Gasteiger partial charge is 0.478 e. The summed E-state index contributed by atoms with van der Waals surface area (Å²) in [5.41, 5.74) is 5.27. The van der Waals surface area contributed by atoms with E-state index in [2.05, 4.69) is 30.9 Å². The molecule has 10 heteroatoms. The van der Waals surface area contributed by atoms with Crippen molar-refractivity contribution in [3.05, 3.63) is 66.0 Å². The van der Waals surface area contributed by atoms with E-state index in [0.717, 1.165) is 53.4 Å². The summed E-state index contributed by atoms with van der Waals surface area (Å²) in [6.45, 7) is 11.9. The number of hydrogen-bond acceptors (Lipinski definition) is 8. The third-order valence-electron chi connectivity index (χ3n) is 6.42. The summed E-state index contributed by atoms with van der Waals surface area (Å²) in [4.78, 5) is 37.8. The van der Waals surface area contributed by atoms with Crippen LogP contribution in [0.4, 0.5) is 4.79 Å². The van der Waals surface area contributed by atoms with Gasteiger partial charge in [0.25, 0.3) is 0 Å². The Morgan fingerprint density at radius 3 is 2.62 bits per heavy atom. The first-order valence-corrected chi connectivity index (χ1v) is 13.3. The van der Waals surface area contributed by atoms with E-state index in [1.807, 2.05) is 64.2 Å². The van der Waals surface area contributed by atoms with E-state index in [1.165, 1.54) is 11.9 Å². The maximum atomic E-state index is 12.3. The molecule has 0 saturated carbocycles. The Bertz CT molecular complexity index is 1440. The van der Waals surface area contributed by atoms with E-state index in [9.17, 15) is 4.79 Å². The SMILES string of the molecule is CCOc1cc(-c2ccc3nc(Cc4cc(CN5CCN(C(=O)OC(C)(C)C)CC5)ccn4)[nH]c3c2)ncn1. The van der Waals surface area contributed by atoms with Gasteiger partial charge in [0.05, 0.1) is 23.3 Å². The van der Waals surface area contributed by atoms with Crippen molar-refractivity contribution in [3.8, 4) is 17.1 Å². The predicted octanol–water partition coefficient (Wildman–Crippen LogP) is 4.46. The van der Waals surface area contributed by atoms with Crippen molar-refractivity contribution in [3.63, 3.8) is 0 Å². The zero-order chi connectivity index (χ0) is 27.4. The second-order valence-corrected chi connectivity index (χ2v) is 10.7. The fourth-order valence-corrected chi connectivity index (χ4v) is 4.60. The fourth-order valence-electron chi connectivity index (χ4n) is 4.60. The number of benzene rings is 1. The summed E-state index contributed by atoms with van der Waals surface area (Å²) in [5, 5.41) is 0. The van der Waals surface area contributed by atoms with E-state index >= 15 is 0 Å². The van der Waals surface area contributed by atoms with Crippen LogP contribution in [0.25, 0.3) is 22.3 Å². The molecule has 0 unspecified atom stereocenters. The van der Waals surface area contributed by atoms with Gasteiger partial charge in [-0.2, -0.15) is 0 Å². The first kappa shape index (κ1) is 26.6. The smallest absolute Gasteiger partial charge is 0.410 e. The van der Waals surface area contributed by atoms with Crippen molar-refractivity contribution in [1.82, 2.24) is 34.7 Å². The van der Waals surface area contributed by atoms with Gasteiger partial charge in [-0.1, -0.05) is 6.07 Å². The molecule has 1 fully saturated rings. The molecule has 3 aromatic heterocycles. The van der Waals surface area contributed by atoms with Gasteiger partial charge in [0.2, 0.25) is 5.88 Å². The summed E-state index contributed by atoms with van der Waals surface area (Å²) in [5.74, 6) is 1.42. The lowest BCUT2D eigenvalue weighted by Crippen LogP contribution is -2.49. The molecule has 204 valence electrons. The highest BCUT2D eigenvalue weighted by molar-refractivity contribution is 5.81. The number of imidazole rings is 1. The van der Waals surface area contributed by atoms with Crippen molar-refractivity contribution in [2.24, 2.45) is 0 Å². The van der Waals surface area contributed by atoms with Crippen LogP contribution in [0.2, 0.25) is 0 Å². The van der Waals surface area contributed by atoms with Crippen molar-refractivity contribution >= 4 is 17.1 Å².